The lowest BCUT2D eigenvalue weighted by molar-refractivity contribution is 0.0697. The van der Waals surface area contributed by atoms with Crippen LogP contribution in [0.4, 0.5) is 4.79 Å². The maximum atomic E-state index is 11.8. The topological polar surface area (TPSA) is 98.7 Å². The number of nitrogens with one attached hydrogen (secondary N) is 2. The Balaban J connectivity index is 2.45. The fourth-order valence-electron chi connectivity index (χ4n) is 1.40. The van der Waals surface area contributed by atoms with Crippen molar-refractivity contribution in [1.29, 1.82) is 0 Å². The van der Waals surface area contributed by atoms with Gasteiger partial charge in [0.25, 0.3) is 5.91 Å². The third-order valence-electron chi connectivity index (χ3n) is 2.46. The minimum absolute atomic E-state index is 0.0542. The first-order chi connectivity index (χ1) is 9.41. The van der Waals surface area contributed by atoms with E-state index in [0.29, 0.717) is 6.54 Å². The summed E-state index contributed by atoms with van der Waals surface area (Å²) in [4.78, 5) is 35.2. The zero-order chi connectivity index (χ0) is 15.1. The van der Waals surface area contributed by atoms with Gasteiger partial charge >= 0.3 is 12.0 Å². The largest absolute Gasteiger partial charge is 0.478 e. The average Bonchev–Trinajstić information content (AvgIpc) is 2.43. The van der Waals surface area contributed by atoms with Crippen molar-refractivity contribution in [1.82, 2.24) is 15.5 Å². The van der Waals surface area contributed by atoms with Crippen LogP contribution in [0.3, 0.4) is 0 Å². The summed E-state index contributed by atoms with van der Waals surface area (Å²) >= 11 is 0. The molecule has 0 unspecified atom stereocenters. The van der Waals surface area contributed by atoms with Crippen molar-refractivity contribution >= 4 is 17.9 Å². The predicted molar refractivity (Wildman–Crippen MR) is 72.8 cm³/mol. The molecule has 7 nitrogen and oxygen atoms in total. The highest BCUT2D eigenvalue weighted by Crippen LogP contribution is 2.05. The molecule has 0 atom stereocenters. The average molecular weight is 279 g/mol. The molecule has 108 valence electrons. The van der Waals surface area contributed by atoms with Crippen LogP contribution in [0.1, 0.15) is 20.7 Å². The van der Waals surface area contributed by atoms with Crippen LogP contribution in [0.15, 0.2) is 24.3 Å². The second kappa shape index (κ2) is 7.13. The number of nitrogens with zero attached hydrogens (tertiary/aromatic N) is 1. The van der Waals surface area contributed by atoms with Crippen LogP contribution in [0.5, 0.6) is 0 Å². The van der Waals surface area contributed by atoms with Crippen molar-refractivity contribution in [2.24, 2.45) is 0 Å². The molecule has 7 heteroatoms. The van der Waals surface area contributed by atoms with Crippen LogP contribution in [0.2, 0.25) is 0 Å². The summed E-state index contributed by atoms with van der Waals surface area (Å²) in [6, 6.07) is 5.51. The normalized spacial score (nSPS) is 9.70. The van der Waals surface area contributed by atoms with Crippen molar-refractivity contribution in [3.05, 3.63) is 35.4 Å². The van der Waals surface area contributed by atoms with Gasteiger partial charge < -0.3 is 20.6 Å². The first-order valence-corrected chi connectivity index (χ1v) is 5.98. The van der Waals surface area contributed by atoms with Gasteiger partial charge in [-0.2, -0.15) is 0 Å². The maximum Gasteiger partial charge on any atom is 0.335 e. The summed E-state index contributed by atoms with van der Waals surface area (Å²) in [5.41, 5.74) is 0.322. The number of carbonyl (C=O) groups excluding carboxylic acids is 2. The second-order valence-electron chi connectivity index (χ2n) is 4.27. The van der Waals surface area contributed by atoms with Gasteiger partial charge in [-0.25, -0.2) is 9.59 Å². The van der Waals surface area contributed by atoms with E-state index in [4.69, 9.17) is 5.11 Å². The standard InChI is InChI=1S/C13H17N3O4/c1-16(2)13(20)15-7-6-14-11(17)9-4-3-5-10(8-9)12(18)19/h3-5,8H,6-7H2,1-2H3,(H,14,17)(H,15,20)(H,18,19). The molecule has 0 fully saturated rings. The predicted octanol–water partition coefficient (Wildman–Crippen LogP) is 0.386. The molecule has 0 saturated heterocycles. The first kappa shape index (κ1) is 15.5. The molecule has 0 bridgehead atoms. The number of benzene rings is 1. The van der Waals surface area contributed by atoms with Crippen LogP contribution in [0, 0.1) is 0 Å². The molecule has 0 aliphatic carbocycles. The van der Waals surface area contributed by atoms with Crippen LogP contribution in [0.25, 0.3) is 0 Å². The number of aromatic carboxylic acids is 1. The molecule has 20 heavy (non-hydrogen) atoms. The minimum Gasteiger partial charge on any atom is -0.478 e. The fourth-order valence-corrected chi connectivity index (χ4v) is 1.40. The summed E-state index contributed by atoms with van der Waals surface area (Å²) in [7, 11) is 3.23. The van der Waals surface area contributed by atoms with E-state index in [1.165, 1.54) is 29.2 Å². The summed E-state index contributed by atoms with van der Waals surface area (Å²) in [5.74, 6) is -1.47. The molecule has 3 amide bonds. The third-order valence-corrected chi connectivity index (χ3v) is 2.46. The molecule has 3 N–H and O–H groups in total. The molecule has 1 rings (SSSR count). The van der Waals surface area contributed by atoms with Crippen LogP contribution < -0.4 is 10.6 Å². The Kier molecular flexibility index (Phi) is 5.52. The van der Waals surface area contributed by atoms with E-state index in [9.17, 15) is 14.4 Å². The number of hydrogen-bond donors (Lipinski definition) is 3. The Hall–Kier alpha value is -2.57. The van der Waals surface area contributed by atoms with Gasteiger partial charge in [0.2, 0.25) is 0 Å². The Labute approximate surface area is 116 Å². The van der Waals surface area contributed by atoms with E-state index >= 15 is 0 Å². The molecule has 0 aromatic heterocycles. The van der Waals surface area contributed by atoms with E-state index in [-0.39, 0.29) is 29.6 Å². The van der Waals surface area contributed by atoms with Gasteiger partial charge in [0.15, 0.2) is 0 Å². The second-order valence-corrected chi connectivity index (χ2v) is 4.27. The number of carboxylic acids is 1. The fraction of sp³-hybridized carbons (Fsp3) is 0.308. The molecule has 0 radical (unpaired) electrons. The molecule has 0 aliphatic heterocycles. The van der Waals surface area contributed by atoms with Crippen molar-refractivity contribution in [2.75, 3.05) is 27.2 Å². The van der Waals surface area contributed by atoms with Gasteiger partial charge in [0, 0.05) is 32.7 Å². The van der Waals surface area contributed by atoms with Gasteiger partial charge in [-0.3, -0.25) is 4.79 Å². The van der Waals surface area contributed by atoms with Crippen molar-refractivity contribution in [3.63, 3.8) is 0 Å². The van der Waals surface area contributed by atoms with Crippen molar-refractivity contribution < 1.29 is 19.5 Å². The monoisotopic (exact) mass is 279 g/mol. The number of carboxylic acid groups (broad SMARTS) is 1. The minimum atomic E-state index is -1.09. The maximum absolute atomic E-state index is 11.8. The smallest absolute Gasteiger partial charge is 0.335 e. The van der Waals surface area contributed by atoms with E-state index in [1.54, 1.807) is 14.1 Å². The Morgan fingerprint density at radius 2 is 1.70 bits per heavy atom. The molecule has 0 spiro atoms. The highest BCUT2D eigenvalue weighted by molar-refractivity contribution is 5.97. The Morgan fingerprint density at radius 3 is 2.30 bits per heavy atom. The molecule has 0 aliphatic rings. The third kappa shape index (κ3) is 4.60. The zero-order valence-corrected chi connectivity index (χ0v) is 11.3. The van der Waals surface area contributed by atoms with Crippen molar-refractivity contribution in [3.8, 4) is 0 Å². The number of rotatable bonds is 5. The molecule has 1 aromatic carbocycles. The molecule has 1 aromatic rings. The van der Waals surface area contributed by atoms with Gasteiger partial charge in [-0.15, -0.1) is 0 Å². The van der Waals surface area contributed by atoms with Crippen LogP contribution in [-0.4, -0.2) is 55.1 Å². The summed E-state index contributed by atoms with van der Waals surface area (Å²) in [6.07, 6.45) is 0. The number of carbonyl (C=O) groups is 3. The van der Waals surface area contributed by atoms with Gasteiger partial charge in [-0.05, 0) is 18.2 Å². The van der Waals surface area contributed by atoms with Crippen LogP contribution in [-0.2, 0) is 0 Å². The summed E-state index contributed by atoms with van der Waals surface area (Å²) < 4.78 is 0. The van der Waals surface area contributed by atoms with Gasteiger partial charge in [0.1, 0.15) is 0 Å². The van der Waals surface area contributed by atoms with Gasteiger partial charge in [-0.1, -0.05) is 6.07 Å². The van der Waals surface area contributed by atoms with E-state index in [1.807, 2.05) is 0 Å². The molecule has 0 saturated carbocycles. The number of hydrogen-bond acceptors (Lipinski definition) is 3. The van der Waals surface area contributed by atoms with E-state index in [2.05, 4.69) is 10.6 Å². The lowest BCUT2D eigenvalue weighted by atomic mass is 10.1. The lowest BCUT2D eigenvalue weighted by Gasteiger charge is -2.12. The number of urea groups is 1. The quantitative estimate of drug-likeness (QED) is 0.679. The first-order valence-electron chi connectivity index (χ1n) is 5.98. The van der Waals surface area contributed by atoms with Crippen LogP contribution >= 0.6 is 0 Å². The number of amides is 3. The molecular weight excluding hydrogens is 262 g/mol. The SMILES string of the molecule is CN(C)C(=O)NCCNC(=O)c1cccc(C(=O)O)c1. The highest BCUT2D eigenvalue weighted by Gasteiger charge is 2.09. The Morgan fingerprint density at radius 1 is 1.10 bits per heavy atom. The molecular formula is C13H17N3O4. The Bertz CT molecular complexity index is 514. The van der Waals surface area contributed by atoms with Gasteiger partial charge in [0.05, 0.1) is 5.56 Å². The summed E-state index contributed by atoms with van der Waals surface area (Å²) in [6.45, 7) is 0.553. The van der Waals surface area contributed by atoms with E-state index < -0.39 is 5.97 Å². The lowest BCUT2D eigenvalue weighted by Crippen LogP contribution is -2.39. The molecule has 0 heterocycles. The zero-order valence-electron chi connectivity index (χ0n) is 11.3. The van der Waals surface area contributed by atoms with E-state index in [0.717, 1.165) is 0 Å². The van der Waals surface area contributed by atoms with Crippen molar-refractivity contribution in [2.45, 2.75) is 0 Å². The highest BCUT2D eigenvalue weighted by atomic mass is 16.4. The summed E-state index contributed by atoms with van der Waals surface area (Å²) in [5, 5.41) is 14.0.